The van der Waals surface area contributed by atoms with Gasteiger partial charge in [-0.2, -0.15) is 11.8 Å². The highest BCUT2D eigenvalue weighted by molar-refractivity contribution is 8.00. The van der Waals surface area contributed by atoms with E-state index in [1.54, 1.807) is 0 Å². The van der Waals surface area contributed by atoms with Gasteiger partial charge < -0.3 is 10.2 Å². The summed E-state index contributed by atoms with van der Waals surface area (Å²) in [6.07, 6.45) is 8.41. The number of guanidine groups is 1. The largest absolute Gasteiger partial charge is 0.353 e. The smallest absolute Gasteiger partial charge is 0.193 e. The number of nitrogens with zero attached hydrogens (tertiary/aromatic N) is 2. The Labute approximate surface area is 121 Å². The van der Waals surface area contributed by atoms with Crippen molar-refractivity contribution in [3.05, 3.63) is 0 Å². The third-order valence-electron chi connectivity index (χ3n) is 4.95. The van der Waals surface area contributed by atoms with Crippen LogP contribution in [0.15, 0.2) is 4.99 Å². The van der Waals surface area contributed by atoms with Crippen LogP contribution in [0.3, 0.4) is 0 Å². The van der Waals surface area contributed by atoms with Crippen molar-refractivity contribution >= 4 is 17.7 Å². The molecule has 3 rings (SSSR count). The molecular weight excluding hydrogens is 254 g/mol. The molecule has 4 heteroatoms. The monoisotopic (exact) mass is 281 g/mol. The van der Waals surface area contributed by atoms with Gasteiger partial charge in [-0.3, -0.25) is 4.99 Å². The first-order valence-corrected chi connectivity index (χ1v) is 8.83. The summed E-state index contributed by atoms with van der Waals surface area (Å²) in [7, 11) is 1.94. The van der Waals surface area contributed by atoms with Crippen LogP contribution in [0.1, 0.15) is 45.4 Å². The van der Waals surface area contributed by atoms with Gasteiger partial charge in [0.1, 0.15) is 0 Å². The summed E-state index contributed by atoms with van der Waals surface area (Å²) in [4.78, 5) is 7.05. The van der Waals surface area contributed by atoms with Gasteiger partial charge in [-0.15, -0.1) is 0 Å². The molecule has 1 spiro atoms. The van der Waals surface area contributed by atoms with Crippen LogP contribution in [-0.2, 0) is 0 Å². The number of hydrogen-bond donors (Lipinski definition) is 1. The summed E-state index contributed by atoms with van der Waals surface area (Å²) in [6.45, 7) is 4.69. The molecule has 1 heterocycles. The van der Waals surface area contributed by atoms with Gasteiger partial charge >= 0.3 is 0 Å². The van der Waals surface area contributed by atoms with Crippen LogP contribution in [0.2, 0.25) is 0 Å². The van der Waals surface area contributed by atoms with Gasteiger partial charge in [-0.05, 0) is 25.2 Å². The Morgan fingerprint density at radius 2 is 2.05 bits per heavy atom. The van der Waals surface area contributed by atoms with Crippen LogP contribution in [0.5, 0.6) is 0 Å². The van der Waals surface area contributed by atoms with Crippen molar-refractivity contribution < 1.29 is 0 Å². The van der Waals surface area contributed by atoms with Crippen molar-refractivity contribution in [2.75, 3.05) is 25.9 Å². The zero-order valence-electron chi connectivity index (χ0n) is 12.3. The molecule has 2 unspecified atom stereocenters. The second-order valence-electron chi connectivity index (χ2n) is 6.52. The van der Waals surface area contributed by atoms with Gasteiger partial charge in [0.25, 0.3) is 0 Å². The predicted molar refractivity (Wildman–Crippen MR) is 83.9 cm³/mol. The molecule has 0 radical (unpaired) electrons. The number of nitrogens with one attached hydrogen (secondary N) is 1. The molecule has 3 nitrogen and oxygen atoms in total. The summed E-state index contributed by atoms with van der Waals surface area (Å²) >= 11 is 2.23. The first-order valence-electron chi connectivity index (χ1n) is 7.85. The highest BCUT2D eigenvalue weighted by Gasteiger charge is 2.40. The minimum atomic E-state index is 0.531. The van der Waals surface area contributed by atoms with Crippen molar-refractivity contribution in [2.45, 2.75) is 56.2 Å². The molecule has 108 valence electrons. The van der Waals surface area contributed by atoms with Gasteiger partial charge in [0.2, 0.25) is 0 Å². The van der Waals surface area contributed by atoms with Gasteiger partial charge in [0.15, 0.2) is 5.96 Å². The molecule has 2 atom stereocenters. The average Bonchev–Trinajstić information content (AvgIpc) is 3.12. The maximum atomic E-state index is 4.53. The predicted octanol–water partition coefficient (Wildman–Crippen LogP) is 2.72. The fourth-order valence-corrected chi connectivity index (χ4v) is 5.08. The van der Waals surface area contributed by atoms with E-state index in [0.717, 1.165) is 18.4 Å². The lowest BCUT2D eigenvalue weighted by Crippen LogP contribution is -2.53. The van der Waals surface area contributed by atoms with E-state index in [0.29, 0.717) is 10.8 Å². The van der Waals surface area contributed by atoms with E-state index in [9.17, 15) is 0 Å². The van der Waals surface area contributed by atoms with Crippen molar-refractivity contribution in [1.29, 1.82) is 0 Å². The molecular formula is C15H27N3S. The summed E-state index contributed by atoms with van der Waals surface area (Å²) in [6, 6.07) is 0.676. The number of rotatable bonds is 1. The van der Waals surface area contributed by atoms with E-state index >= 15 is 0 Å². The lowest BCUT2D eigenvalue weighted by Gasteiger charge is -2.45. The SMILES string of the molecule is CN=C(NC1CC1C)N1CCSC2(CCCCC2)C1. The fraction of sp³-hybridized carbons (Fsp3) is 0.933. The third kappa shape index (κ3) is 3.04. The molecule has 2 saturated carbocycles. The van der Waals surface area contributed by atoms with Gasteiger partial charge in [0.05, 0.1) is 0 Å². The Hall–Kier alpha value is -0.380. The van der Waals surface area contributed by atoms with Crippen LogP contribution in [-0.4, -0.2) is 47.5 Å². The first-order chi connectivity index (χ1) is 9.22. The fourth-order valence-electron chi connectivity index (χ4n) is 3.51. The Morgan fingerprint density at radius 1 is 1.32 bits per heavy atom. The maximum Gasteiger partial charge on any atom is 0.193 e. The van der Waals surface area contributed by atoms with Crippen LogP contribution in [0.4, 0.5) is 0 Å². The molecule has 1 saturated heterocycles. The second kappa shape index (κ2) is 5.55. The van der Waals surface area contributed by atoms with Gasteiger partial charge in [-0.1, -0.05) is 26.2 Å². The summed E-state index contributed by atoms with van der Waals surface area (Å²) < 4.78 is 0.531. The van der Waals surface area contributed by atoms with E-state index in [1.165, 1.54) is 50.8 Å². The maximum absolute atomic E-state index is 4.53. The summed E-state index contributed by atoms with van der Waals surface area (Å²) in [5, 5.41) is 3.65. The molecule has 0 amide bonds. The minimum absolute atomic E-state index is 0.531. The molecule has 0 aromatic heterocycles. The van der Waals surface area contributed by atoms with Gasteiger partial charge in [-0.25, -0.2) is 0 Å². The van der Waals surface area contributed by atoms with Crippen molar-refractivity contribution in [3.63, 3.8) is 0 Å². The Kier molecular flexibility index (Phi) is 3.97. The Morgan fingerprint density at radius 3 is 2.68 bits per heavy atom. The van der Waals surface area contributed by atoms with Crippen molar-refractivity contribution in [2.24, 2.45) is 10.9 Å². The Bertz CT molecular complexity index is 344. The zero-order valence-corrected chi connectivity index (χ0v) is 13.1. The van der Waals surface area contributed by atoms with Crippen LogP contribution < -0.4 is 5.32 Å². The first kappa shape index (κ1) is 13.6. The molecule has 0 aromatic carbocycles. The van der Waals surface area contributed by atoms with Crippen LogP contribution in [0.25, 0.3) is 0 Å². The number of aliphatic imine (C=N–C) groups is 1. The summed E-state index contributed by atoms with van der Waals surface area (Å²) in [5.41, 5.74) is 0. The minimum Gasteiger partial charge on any atom is -0.353 e. The van der Waals surface area contributed by atoms with E-state index < -0.39 is 0 Å². The summed E-state index contributed by atoms with van der Waals surface area (Å²) in [5.74, 6) is 3.25. The molecule has 2 aliphatic carbocycles. The standard InChI is InChI=1S/C15H27N3S/c1-12-10-13(12)17-14(16-2)18-8-9-19-15(11-18)6-4-3-5-7-15/h12-13H,3-11H2,1-2H3,(H,16,17). The van der Waals surface area contributed by atoms with Gasteiger partial charge in [0, 0.05) is 36.7 Å². The second-order valence-corrected chi connectivity index (χ2v) is 8.09. The van der Waals surface area contributed by atoms with E-state index in [-0.39, 0.29) is 0 Å². The number of hydrogen-bond acceptors (Lipinski definition) is 2. The molecule has 1 N–H and O–H groups in total. The zero-order chi connectivity index (χ0) is 13.3. The molecule has 3 aliphatic rings. The van der Waals surface area contributed by atoms with E-state index in [4.69, 9.17) is 0 Å². The Balaban J connectivity index is 1.63. The van der Waals surface area contributed by atoms with Crippen molar-refractivity contribution in [3.8, 4) is 0 Å². The molecule has 0 bridgehead atoms. The normalized spacial score (nSPS) is 34.4. The lowest BCUT2D eigenvalue weighted by molar-refractivity contribution is 0.293. The highest BCUT2D eigenvalue weighted by atomic mass is 32.2. The van der Waals surface area contributed by atoms with Crippen LogP contribution in [0, 0.1) is 5.92 Å². The lowest BCUT2D eigenvalue weighted by atomic mass is 9.87. The topological polar surface area (TPSA) is 27.6 Å². The highest BCUT2D eigenvalue weighted by Crippen LogP contribution is 2.42. The molecule has 1 aliphatic heterocycles. The van der Waals surface area contributed by atoms with Crippen molar-refractivity contribution in [1.82, 2.24) is 10.2 Å². The quantitative estimate of drug-likeness (QED) is 0.591. The number of thioether (sulfide) groups is 1. The third-order valence-corrected chi connectivity index (χ3v) is 6.48. The molecule has 3 fully saturated rings. The average molecular weight is 281 g/mol. The molecule has 0 aromatic rings. The molecule has 19 heavy (non-hydrogen) atoms. The van der Waals surface area contributed by atoms with E-state index in [2.05, 4.69) is 33.9 Å². The van der Waals surface area contributed by atoms with E-state index in [1.807, 2.05) is 7.05 Å². The van der Waals surface area contributed by atoms with Crippen LogP contribution >= 0.6 is 11.8 Å².